The van der Waals surface area contributed by atoms with Crippen LogP contribution < -0.4 is 10.6 Å². The van der Waals surface area contributed by atoms with Crippen LogP contribution in [0.15, 0.2) is 9.41 Å². The number of oxazole rings is 1. The van der Waals surface area contributed by atoms with Crippen LogP contribution in [0.1, 0.15) is 54.1 Å². The van der Waals surface area contributed by atoms with Crippen molar-refractivity contribution in [3.05, 3.63) is 34.3 Å². The van der Waals surface area contributed by atoms with Gasteiger partial charge in [0.25, 0.3) is 0 Å². The summed E-state index contributed by atoms with van der Waals surface area (Å²) < 4.78 is 7.66. The zero-order valence-electron chi connectivity index (χ0n) is 19.8. The van der Waals surface area contributed by atoms with Crippen LogP contribution in [0.2, 0.25) is 0 Å². The van der Waals surface area contributed by atoms with E-state index in [1.54, 1.807) is 0 Å². The summed E-state index contributed by atoms with van der Waals surface area (Å²) in [5.74, 6) is 3.30. The molecule has 0 spiro atoms. The lowest BCUT2D eigenvalue weighted by atomic mass is 9.97. The van der Waals surface area contributed by atoms with Crippen LogP contribution in [0, 0.1) is 33.6 Å². The molecule has 1 aliphatic rings. The average Bonchev–Trinajstić information content (AvgIpc) is 3.15. The van der Waals surface area contributed by atoms with Gasteiger partial charge < -0.3 is 15.1 Å². The third kappa shape index (κ3) is 6.93. The zero-order chi connectivity index (χ0) is 21.7. The first-order chi connectivity index (χ1) is 14.4. The number of aryl methyl sites for hydroxylation is 4. The average molecular weight is 543 g/mol. The Bertz CT molecular complexity index is 846. The van der Waals surface area contributed by atoms with Gasteiger partial charge in [-0.25, -0.2) is 9.98 Å². The van der Waals surface area contributed by atoms with E-state index in [-0.39, 0.29) is 24.0 Å². The third-order valence-electron chi connectivity index (χ3n) is 6.10. The lowest BCUT2D eigenvalue weighted by molar-refractivity contribution is 0.164. The number of aliphatic imine (C=N–C) groups is 1. The lowest BCUT2D eigenvalue weighted by Gasteiger charge is -2.31. The normalized spacial score (nSPS) is 15.7. The molecular weight excluding hydrogens is 505 g/mol. The highest BCUT2D eigenvalue weighted by atomic mass is 127. The number of aromatic nitrogens is 3. The molecule has 0 aromatic carbocycles. The molecule has 2 N–H and O–H groups in total. The van der Waals surface area contributed by atoms with Crippen LogP contribution >= 0.6 is 24.0 Å². The Kier molecular flexibility index (Phi) is 9.80. The van der Waals surface area contributed by atoms with E-state index in [0.29, 0.717) is 12.5 Å². The fourth-order valence-electron chi connectivity index (χ4n) is 3.93. The molecule has 1 saturated heterocycles. The van der Waals surface area contributed by atoms with Crippen molar-refractivity contribution in [3.63, 3.8) is 0 Å². The first-order valence-electron chi connectivity index (χ1n) is 11.0. The second kappa shape index (κ2) is 11.8. The third-order valence-corrected chi connectivity index (χ3v) is 6.10. The van der Waals surface area contributed by atoms with E-state index < -0.39 is 0 Å². The maximum Gasteiger partial charge on any atom is 0.208 e. The highest BCUT2D eigenvalue weighted by Gasteiger charge is 2.21. The molecule has 0 amide bonds. The second-order valence-corrected chi connectivity index (χ2v) is 8.32. The molecule has 0 bridgehead atoms. The molecule has 0 saturated carbocycles. The first kappa shape index (κ1) is 25.6. The summed E-state index contributed by atoms with van der Waals surface area (Å²) in [7, 11) is 1.98. The molecule has 2 aromatic heterocycles. The highest BCUT2D eigenvalue weighted by molar-refractivity contribution is 14.0. The molecule has 1 fully saturated rings. The molecule has 2 aromatic rings. The SMILES string of the molecule is CCNC(=NCc1c(C)nn(C)c1C)NCC1CCN(Cc2nc(C)c(C)o2)CC1.I. The Balaban J connectivity index is 0.00000341. The molecule has 0 radical (unpaired) electrons. The maximum absolute atomic E-state index is 5.74. The van der Waals surface area contributed by atoms with Crippen LogP contribution in [0.4, 0.5) is 0 Å². The molecule has 9 heteroatoms. The number of hydrogen-bond donors (Lipinski definition) is 2. The van der Waals surface area contributed by atoms with Gasteiger partial charge in [-0.1, -0.05) is 0 Å². The van der Waals surface area contributed by atoms with E-state index in [2.05, 4.69) is 39.5 Å². The van der Waals surface area contributed by atoms with Gasteiger partial charge in [-0.05, 0) is 66.5 Å². The number of nitrogens with one attached hydrogen (secondary N) is 2. The Morgan fingerprint density at radius 3 is 2.39 bits per heavy atom. The molecular formula is C22H38IN7O. The van der Waals surface area contributed by atoms with Gasteiger partial charge in [0, 0.05) is 31.4 Å². The quantitative estimate of drug-likeness (QED) is 0.317. The molecule has 8 nitrogen and oxygen atoms in total. The number of likely N-dealkylation sites (tertiary alicyclic amines) is 1. The van der Waals surface area contributed by atoms with Gasteiger partial charge in [0.2, 0.25) is 5.89 Å². The molecule has 1 aliphatic heterocycles. The van der Waals surface area contributed by atoms with Crippen LogP contribution in [0.5, 0.6) is 0 Å². The molecule has 0 aliphatic carbocycles. The summed E-state index contributed by atoms with van der Waals surface area (Å²) in [6.07, 6.45) is 2.35. The van der Waals surface area contributed by atoms with Crippen molar-refractivity contribution in [2.24, 2.45) is 18.0 Å². The molecule has 174 valence electrons. The Labute approximate surface area is 203 Å². The van der Waals surface area contributed by atoms with Gasteiger partial charge in [-0.15, -0.1) is 24.0 Å². The molecule has 0 atom stereocenters. The smallest absolute Gasteiger partial charge is 0.208 e. The predicted octanol–water partition coefficient (Wildman–Crippen LogP) is 3.23. The summed E-state index contributed by atoms with van der Waals surface area (Å²) in [5, 5.41) is 11.4. The van der Waals surface area contributed by atoms with Crippen molar-refractivity contribution < 1.29 is 4.42 Å². The van der Waals surface area contributed by atoms with Crippen molar-refractivity contribution in [3.8, 4) is 0 Å². The van der Waals surface area contributed by atoms with Gasteiger partial charge in [0.05, 0.1) is 24.5 Å². The van der Waals surface area contributed by atoms with Crippen molar-refractivity contribution in [2.45, 2.75) is 60.5 Å². The van der Waals surface area contributed by atoms with Crippen molar-refractivity contribution in [2.75, 3.05) is 26.2 Å². The first-order valence-corrected chi connectivity index (χ1v) is 11.0. The molecule has 0 unspecified atom stereocenters. The van der Waals surface area contributed by atoms with Crippen molar-refractivity contribution in [1.82, 2.24) is 30.3 Å². The van der Waals surface area contributed by atoms with Gasteiger partial charge in [0.1, 0.15) is 5.76 Å². The number of nitrogens with zero attached hydrogens (tertiary/aromatic N) is 5. The summed E-state index contributed by atoms with van der Waals surface area (Å²) in [6, 6.07) is 0. The lowest BCUT2D eigenvalue weighted by Crippen LogP contribution is -2.42. The largest absolute Gasteiger partial charge is 0.444 e. The van der Waals surface area contributed by atoms with E-state index in [1.165, 1.54) is 24.1 Å². The minimum Gasteiger partial charge on any atom is -0.444 e. The monoisotopic (exact) mass is 543 g/mol. The van der Waals surface area contributed by atoms with E-state index in [9.17, 15) is 0 Å². The molecule has 3 heterocycles. The summed E-state index contributed by atoms with van der Waals surface area (Å²) in [6.45, 7) is 15.6. The van der Waals surface area contributed by atoms with Gasteiger partial charge in [-0.3, -0.25) is 9.58 Å². The minimum absolute atomic E-state index is 0. The van der Waals surface area contributed by atoms with E-state index in [1.807, 2.05) is 32.5 Å². The van der Waals surface area contributed by atoms with E-state index in [4.69, 9.17) is 9.41 Å². The number of halogens is 1. The fourth-order valence-corrected chi connectivity index (χ4v) is 3.93. The number of piperidine rings is 1. The molecule has 31 heavy (non-hydrogen) atoms. The minimum atomic E-state index is 0. The number of rotatable bonds is 7. The van der Waals surface area contributed by atoms with Crippen LogP contribution in [0.3, 0.4) is 0 Å². The predicted molar refractivity (Wildman–Crippen MR) is 135 cm³/mol. The highest BCUT2D eigenvalue weighted by Crippen LogP contribution is 2.19. The number of guanidine groups is 1. The standard InChI is InChI=1S/C22H37N7O.HI/c1-7-23-22(25-13-20-16(3)27-28(6)17(20)4)24-12-19-8-10-29(11-9-19)14-21-26-15(2)18(5)30-21;/h19H,7-14H2,1-6H3,(H2,23,24,25);1H. The summed E-state index contributed by atoms with van der Waals surface area (Å²) in [5.41, 5.74) is 4.44. The van der Waals surface area contributed by atoms with E-state index in [0.717, 1.165) is 61.7 Å². The second-order valence-electron chi connectivity index (χ2n) is 8.32. The Morgan fingerprint density at radius 1 is 1.13 bits per heavy atom. The maximum atomic E-state index is 5.74. The van der Waals surface area contributed by atoms with Crippen LogP contribution in [0.25, 0.3) is 0 Å². The van der Waals surface area contributed by atoms with Crippen molar-refractivity contribution >= 4 is 29.9 Å². The molecule has 3 rings (SSSR count). The van der Waals surface area contributed by atoms with Crippen LogP contribution in [-0.4, -0.2) is 51.8 Å². The topological polar surface area (TPSA) is 83.5 Å². The van der Waals surface area contributed by atoms with Gasteiger partial charge in [-0.2, -0.15) is 5.10 Å². The Morgan fingerprint density at radius 2 is 1.84 bits per heavy atom. The Hall–Kier alpha value is -1.62. The summed E-state index contributed by atoms with van der Waals surface area (Å²) >= 11 is 0. The van der Waals surface area contributed by atoms with Gasteiger partial charge >= 0.3 is 0 Å². The van der Waals surface area contributed by atoms with Crippen molar-refractivity contribution in [1.29, 1.82) is 0 Å². The van der Waals surface area contributed by atoms with E-state index >= 15 is 0 Å². The van der Waals surface area contributed by atoms with Crippen LogP contribution in [-0.2, 0) is 20.1 Å². The van der Waals surface area contributed by atoms with Gasteiger partial charge in [0.15, 0.2) is 5.96 Å². The summed E-state index contributed by atoms with van der Waals surface area (Å²) in [4.78, 5) is 11.7. The number of hydrogen-bond acceptors (Lipinski definition) is 5. The zero-order valence-corrected chi connectivity index (χ0v) is 22.1. The fraction of sp³-hybridized carbons (Fsp3) is 0.682.